The van der Waals surface area contributed by atoms with Crippen molar-refractivity contribution in [2.45, 2.75) is 45.8 Å². The summed E-state index contributed by atoms with van der Waals surface area (Å²) in [5, 5.41) is 15.0. The molecule has 158 valence electrons. The summed E-state index contributed by atoms with van der Waals surface area (Å²) in [5.41, 5.74) is 3.06. The molecule has 0 amide bonds. The standard InChI is InChI=1S/C23H29N5OS/c1-6-14-18(21-25-15-9-7-8-10-17(15)30-21)20(27-22(26-14)28(4)5)24-16-11-13-19(29)23(13,3)12(16)2/h7-10,12-13,16,19,29H,6,11H2,1-5H3,(H,24,26,27). The summed E-state index contributed by atoms with van der Waals surface area (Å²) < 4.78 is 1.17. The molecule has 2 heterocycles. The number of aryl methyl sites for hydroxylation is 1. The molecule has 5 rings (SSSR count). The summed E-state index contributed by atoms with van der Waals surface area (Å²) in [4.78, 5) is 16.6. The van der Waals surface area contributed by atoms with Crippen LogP contribution in [0.5, 0.6) is 0 Å². The molecule has 0 saturated heterocycles. The number of nitrogens with zero attached hydrogens (tertiary/aromatic N) is 4. The highest BCUT2D eigenvalue weighted by Crippen LogP contribution is 2.66. The third kappa shape index (κ3) is 2.82. The van der Waals surface area contributed by atoms with Crippen molar-refractivity contribution in [2.24, 2.45) is 17.3 Å². The van der Waals surface area contributed by atoms with Crippen molar-refractivity contribution in [3.63, 3.8) is 0 Å². The molecule has 2 N–H and O–H groups in total. The molecule has 2 fully saturated rings. The van der Waals surface area contributed by atoms with Crippen LogP contribution >= 0.6 is 11.3 Å². The van der Waals surface area contributed by atoms with Crippen molar-refractivity contribution in [2.75, 3.05) is 24.3 Å². The number of hydrogen-bond donors (Lipinski definition) is 2. The second kappa shape index (κ2) is 6.89. The Labute approximate surface area is 181 Å². The molecule has 2 aliphatic carbocycles. The number of aromatic nitrogens is 3. The Hall–Kier alpha value is -2.25. The second-order valence-electron chi connectivity index (χ2n) is 9.12. The Bertz CT molecular complexity index is 1080. The lowest BCUT2D eigenvalue weighted by atomic mass is 9.90. The number of hydrogen-bond acceptors (Lipinski definition) is 7. The lowest BCUT2D eigenvalue weighted by Crippen LogP contribution is -2.31. The van der Waals surface area contributed by atoms with Crippen LogP contribution in [0.3, 0.4) is 0 Å². The van der Waals surface area contributed by atoms with Crippen molar-refractivity contribution in [1.82, 2.24) is 15.0 Å². The van der Waals surface area contributed by atoms with Crippen LogP contribution in [0.2, 0.25) is 0 Å². The van der Waals surface area contributed by atoms with Gasteiger partial charge in [-0.2, -0.15) is 4.98 Å². The van der Waals surface area contributed by atoms with Gasteiger partial charge < -0.3 is 15.3 Å². The smallest absolute Gasteiger partial charge is 0.227 e. The maximum Gasteiger partial charge on any atom is 0.227 e. The largest absolute Gasteiger partial charge is 0.392 e. The number of anilines is 2. The van der Waals surface area contributed by atoms with E-state index in [0.29, 0.717) is 17.8 Å². The van der Waals surface area contributed by atoms with E-state index in [2.05, 4.69) is 38.2 Å². The van der Waals surface area contributed by atoms with Crippen LogP contribution in [0.4, 0.5) is 11.8 Å². The molecule has 2 aliphatic rings. The molecule has 2 aromatic heterocycles. The first-order chi connectivity index (χ1) is 14.3. The molecule has 7 heteroatoms. The van der Waals surface area contributed by atoms with Crippen LogP contribution in [0.1, 0.15) is 32.9 Å². The number of benzene rings is 1. The highest BCUT2D eigenvalue weighted by molar-refractivity contribution is 7.21. The predicted octanol–water partition coefficient (Wildman–Crippen LogP) is 4.20. The number of nitrogens with one attached hydrogen (secondary N) is 1. The van der Waals surface area contributed by atoms with Crippen molar-refractivity contribution in [3.8, 4) is 10.6 Å². The van der Waals surface area contributed by atoms with Gasteiger partial charge in [0, 0.05) is 25.6 Å². The van der Waals surface area contributed by atoms with E-state index in [9.17, 15) is 5.11 Å². The Morgan fingerprint density at radius 2 is 2.00 bits per heavy atom. The zero-order chi connectivity index (χ0) is 21.2. The van der Waals surface area contributed by atoms with Crippen LogP contribution in [0.15, 0.2) is 24.3 Å². The summed E-state index contributed by atoms with van der Waals surface area (Å²) in [6.07, 6.45) is 1.62. The molecular weight excluding hydrogens is 394 g/mol. The van der Waals surface area contributed by atoms with Gasteiger partial charge in [-0.15, -0.1) is 11.3 Å². The summed E-state index contributed by atoms with van der Waals surface area (Å²) in [5.74, 6) is 2.34. The third-order valence-electron chi connectivity index (χ3n) is 7.34. The first-order valence-electron chi connectivity index (χ1n) is 10.7. The third-order valence-corrected chi connectivity index (χ3v) is 8.39. The van der Waals surface area contributed by atoms with Crippen LogP contribution in [-0.4, -0.2) is 46.3 Å². The fourth-order valence-corrected chi connectivity index (χ4v) is 6.15. The Morgan fingerprint density at radius 3 is 2.63 bits per heavy atom. The van der Waals surface area contributed by atoms with Gasteiger partial charge in [-0.1, -0.05) is 32.9 Å². The minimum atomic E-state index is -0.164. The summed E-state index contributed by atoms with van der Waals surface area (Å²) in [6.45, 7) is 6.60. The van der Waals surface area contributed by atoms with Gasteiger partial charge in [0.15, 0.2) is 0 Å². The zero-order valence-corrected chi connectivity index (χ0v) is 19.0. The monoisotopic (exact) mass is 423 g/mol. The highest BCUT2D eigenvalue weighted by atomic mass is 32.1. The second-order valence-corrected chi connectivity index (χ2v) is 10.2. The number of rotatable bonds is 5. The fraction of sp³-hybridized carbons (Fsp3) is 0.522. The van der Waals surface area contributed by atoms with Gasteiger partial charge in [-0.3, -0.25) is 0 Å². The lowest BCUT2D eigenvalue weighted by Gasteiger charge is -2.27. The molecular formula is C23H29N5OS. The molecule has 2 saturated carbocycles. The van der Waals surface area contributed by atoms with Gasteiger partial charge in [-0.25, -0.2) is 9.97 Å². The van der Waals surface area contributed by atoms with E-state index in [-0.39, 0.29) is 17.6 Å². The van der Waals surface area contributed by atoms with E-state index in [1.165, 1.54) is 4.70 Å². The van der Waals surface area contributed by atoms with Crippen molar-refractivity contribution >= 4 is 33.3 Å². The maximum atomic E-state index is 10.3. The molecule has 0 radical (unpaired) electrons. The molecule has 0 spiro atoms. The van der Waals surface area contributed by atoms with E-state index in [1.807, 2.05) is 31.1 Å². The molecule has 30 heavy (non-hydrogen) atoms. The van der Waals surface area contributed by atoms with Gasteiger partial charge in [0.1, 0.15) is 10.8 Å². The molecule has 6 nitrogen and oxygen atoms in total. The first-order valence-corrected chi connectivity index (χ1v) is 11.5. The SMILES string of the molecule is CCc1nc(N(C)C)nc(NC2CC3C(O)C3(C)C2C)c1-c1nc2ccccc2s1. The van der Waals surface area contributed by atoms with Crippen molar-refractivity contribution in [3.05, 3.63) is 30.0 Å². The Kier molecular flexibility index (Phi) is 4.52. The van der Waals surface area contributed by atoms with Crippen LogP contribution in [0.25, 0.3) is 20.8 Å². The molecule has 0 aliphatic heterocycles. The average molecular weight is 424 g/mol. The molecule has 5 atom stereocenters. The van der Waals surface area contributed by atoms with E-state index in [0.717, 1.165) is 40.4 Å². The minimum Gasteiger partial charge on any atom is -0.392 e. The first kappa shape index (κ1) is 19.7. The maximum absolute atomic E-state index is 10.3. The van der Waals surface area contributed by atoms with Gasteiger partial charge >= 0.3 is 0 Å². The number of para-hydroxylation sites is 1. The highest BCUT2D eigenvalue weighted by Gasteiger charge is 2.69. The summed E-state index contributed by atoms with van der Waals surface area (Å²) in [6, 6.07) is 8.52. The summed E-state index contributed by atoms with van der Waals surface area (Å²) in [7, 11) is 3.95. The van der Waals surface area contributed by atoms with E-state index < -0.39 is 0 Å². The average Bonchev–Trinajstić information content (AvgIpc) is 3.04. The normalized spacial score (nSPS) is 29.8. The molecule has 3 aromatic rings. The fourth-order valence-electron chi connectivity index (χ4n) is 5.12. The number of fused-ring (bicyclic) bond motifs is 2. The quantitative estimate of drug-likeness (QED) is 0.641. The Morgan fingerprint density at radius 1 is 1.23 bits per heavy atom. The lowest BCUT2D eigenvalue weighted by molar-refractivity contribution is 0.175. The zero-order valence-electron chi connectivity index (χ0n) is 18.2. The number of aliphatic hydroxyl groups is 1. The van der Waals surface area contributed by atoms with E-state index >= 15 is 0 Å². The molecule has 1 aromatic carbocycles. The number of thiazole rings is 1. The summed E-state index contributed by atoms with van der Waals surface area (Å²) >= 11 is 1.69. The molecule has 0 bridgehead atoms. The Balaban J connectivity index is 1.60. The van der Waals surface area contributed by atoms with Crippen molar-refractivity contribution in [1.29, 1.82) is 0 Å². The predicted molar refractivity (Wildman–Crippen MR) is 123 cm³/mol. The van der Waals surface area contributed by atoms with Crippen LogP contribution < -0.4 is 10.2 Å². The van der Waals surface area contributed by atoms with Crippen molar-refractivity contribution < 1.29 is 5.11 Å². The van der Waals surface area contributed by atoms with Gasteiger partial charge in [0.05, 0.1) is 27.6 Å². The molecule has 5 unspecified atom stereocenters. The van der Waals surface area contributed by atoms with E-state index in [1.54, 1.807) is 11.3 Å². The van der Waals surface area contributed by atoms with Gasteiger partial charge in [-0.05, 0) is 36.8 Å². The van der Waals surface area contributed by atoms with E-state index in [4.69, 9.17) is 15.0 Å². The van der Waals surface area contributed by atoms with Crippen LogP contribution in [-0.2, 0) is 6.42 Å². The van der Waals surface area contributed by atoms with Gasteiger partial charge in [0.2, 0.25) is 5.95 Å². The van der Waals surface area contributed by atoms with Crippen LogP contribution in [0, 0.1) is 17.3 Å². The van der Waals surface area contributed by atoms with Gasteiger partial charge in [0.25, 0.3) is 0 Å². The minimum absolute atomic E-state index is 0.0265. The number of aliphatic hydroxyl groups excluding tert-OH is 1. The topological polar surface area (TPSA) is 74.2 Å².